The predicted molar refractivity (Wildman–Crippen MR) is 101 cm³/mol. The zero-order valence-corrected chi connectivity index (χ0v) is 16.2. The SMILES string of the molecule is COc1ccc(C[NH+]2CCN(C(=O)c3cccs3)CC2)c(OC)c1OC. The molecule has 0 radical (unpaired) electrons. The van der Waals surface area contributed by atoms with Crippen molar-refractivity contribution in [3.05, 3.63) is 40.1 Å². The van der Waals surface area contributed by atoms with Gasteiger partial charge in [0.2, 0.25) is 5.75 Å². The highest BCUT2D eigenvalue weighted by atomic mass is 32.1. The number of carbonyl (C=O) groups excluding carboxylic acids is 1. The predicted octanol–water partition coefficient (Wildman–Crippen LogP) is 1.31. The number of benzene rings is 1. The summed E-state index contributed by atoms with van der Waals surface area (Å²) in [6, 6.07) is 7.74. The van der Waals surface area contributed by atoms with Crippen LogP contribution in [0.3, 0.4) is 0 Å². The summed E-state index contributed by atoms with van der Waals surface area (Å²) in [7, 11) is 4.88. The van der Waals surface area contributed by atoms with E-state index in [1.54, 1.807) is 21.3 Å². The second kappa shape index (κ2) is 8.42. The van der Waals surface area contributed by atoms with E-state index < -0.39 is 0 Å². The number of nitrogens with zero attached hydrogens (tertiary/aromatic N) is 1. The average Bonchev–Trinajstić information content (AvgIpc) is 3.22. The van der Waals surface area contributed by atoms with Crippen LogP contribution in [0.15, 0.2) is 29.6 Å². The fraction of sp³-hybridized carbons (Fsp3) is 0.421. The van der Waals surface area contributed by atoms with Gasteiger partial charge in [-0.2, -0.15) is 0 Å². The molecule has 1 N–H and O–H groups in total. The summed E-state index contributed by atoms with van der Waals surface area (Å²) in [5.41, 5.74) is 1.08. The Hall–Kier alpha value is -2.25. The van der Waals surface area contributed by atoms with Crippen LogP contribution in [0.5, 0.6) is 17.2 Å². The molecule has 2 heterocycles. The van der Waals surface area contributed by atoms with Crippen molar-refractivity contribution in [1.82, 2.24) is 4.90 Å². The zero-order valence-electron chi connectivity index (χ0n) is 15.4. The number of carbonyl (C=O) groups is 1. The van der Waals surface area contributed by atoms with Gasteiger partial charge in [0.15, 0.2) is 11.5 Å². The lowest BCUT2D eigenvalue weighted by Gasteiger charge is -2.32. The van der Waals surface area contributed by atoms with Gasteiger partial charge < -0.3 is 24.0 Å². The smallest absolute Gasteiger partial charge is 0.264 e. The number of methoxy groups -OCH3 is 3. The van der Waals surface area contributed by atoms with Gasteiger partial charge in [0.25, 0.3) is 5.91 Å². The van der Waals surface area contributed by atoms with E-state index in [0.717, 1.165) is 48.9 Å². The molecule has 6 nitrogen and oxygen atoms in total. The fourth-order valence-corrected chi connectivity index (χ4v) is 4.02. The number of piperazine rings is 1. The molecule has 1 fully saturated rings. The first-order valence-corrected chi connectivity index (χ1v) is 9.50. The van der Waals surface area contributed by atoms with Crippen LogP contribution >= 0.6 is 11.3 Å². The molecular weight excluding hydrogens is 352 g/mol. The second-order valence-electron chi connectivity index (χ2n) is 6.19. The van der Waals surface area contributed by atoms with Crippen molar-refractivity contribution >= 4 is 17.2 Å². The number of nitrogens with one attached hydrogen (secondary N) is 1. The van der Waals surface area contributed by atoms with Gasteiger partial charge in [-0.15, -0.1) is 11.3 Å². The van der Waals surface area contributed by atoms with Crippen LogP contribution in [-0.2, 0) is 6.54 Å². The molecule has 0 saturated carbocycles. The molecule has 1 aromatic heterocycles. The van der Waals surface area contributed by atoms with Crippen molar-refractivity contribution in [3.8, 4) is 17.2 Å². The number of hydrogen-bond donors (Lipinski definition) is 1. The Bertz CT molecular complexity index is 740. The largest absolute Gasteiger partial charge is 0.493 e. The maximum atomic E-state index is 12.5. The summed E-state index contributed by atoms with van der Waals surface area (Å²) in [6.45, 7) is 4.18. The molecule has 3 rings (SSSR count). The minimum Gasteiger partial charge on any atom is -0.493 e. The van der Waals surface area contributed by atoms with Gasteiger partial charge in [-0.3, -0.25) is 4.79 Å². The van der Waals surface area contributed by atoms with Crippen LogP contribution in [0.25, 0.3) is 0 Å². The number of thiophene rings is 1. The van der Waals surface area contributed by atoms with Crippen LogP contribution in [-0.4, -0.2) is 58.3 Å². The van der Waals surface area contributed by atoms with E-state index in [9.17, 15) is 4.79 Å². The Morgan fingerprint density at radius 1 is 1.08 bits per heavy atom. The Morgan fingerprint density at radius 2 is 1.81 bits per heavy atom. The minimum atomic E-state index is 0.141. The fourth-order valence-electron chi connectivity index (χ4n) is 3.33. The minimum absolute atomic E-state index is 0.141. The molecule has 0 unspecified atom stereocenters. The molecule has 1 amide bonds. The maximum absolute atomic E-state index is 12.5. The van der Waals surface area contributed by atoms with Gasteiger partial charge in [-0.05, 0) is 23.6 Å². The highest BCUT2D eigenvalue weighted by Gasteiger charge is 2.26. The number of amides is 1. The summed E-state index contributed by atoms with van der Waals surface area (Å²) in [5, 5.41) is 1.94. The monoisotopic (exact) mass is 377 g/mol. The molecular formula is C19H25N2O4S+. The number of quaternary nitrogens is 1. The third-order valence-corrected chi connectivity index (χ3v) is 5.57. The summed E-state index contributed by atoms with van der Waals surface area (Å²) < 4.78 is 16.4. The van der Waals surface area contributed by atoms with E-state index in [4.69, 9.17) is 14.2 Å². The first kappa shape index (κ1) is 18.5. The highest BCUT2D eigenvalue weighted by molar-refractivity contribution is 7.12. The molecule has 0 bridgehead atoms. The topological polar surface area (TPSA) is 52.4 Å². The van der Waals surface area contributed by atoms with Gasteiger partial charge >= 0.3 is 0 Å². The first-order valence-electron chi connectivity index (χ1n) is 8.62. The molecule has 26 heavy (non-hydrogen) atoms. The first-order chi connectivity index (χ1) is 12.7. The molecule has 7 heteroatoms. The maximum Gasteiger partial charge on any atom is 0.264 e. The van der Waals surface area contributed by atoms with Crippen LogP contribution in [0.1, 0.15) is 15.2 Å². The third kappa shape index (κ3) is 3.78. The Morgan fingerprint density at radius 3 is 2.38 bits per heavy atom. The van der Waals surface area contributed by atoms with Crippen molar-refractivity contribution in [1.29, 1.82) is 0 Å². The molecule has 1 aliphatic rings. The average molecular weight is 377 g/mol. The van der Waals surface area contributed by atoms with Gasteiger partial charge in [-0.25, -0.2) is 0 Å². The van der Waals surface area contributed by atoms with E-state index in [1.165, 1.54) is 16.2 Å². The van der Waals surface area contributed by atoms with Gasteiger partial charge in [0.05, 0.1) is 57.9 Å². The lowest BCUT2D eigenvalue weighted by atomic mass is 10.1. The Kier molecular flexibility index (Phi) is 6.00. The highest BCUT2D eigenvalue weighted by Crippen LogP contribution is 2.39. The molecule has 1 saturated heterocycles. The van der Waals surface area contributed by atoms with Crippen molar-refractivity contribution in [2.45, 2.75) is 6.54 Å². The molecule has 2 aromatic rings. The molecule has 1 aliphatic heterocycles. The van der Waals surface area contributed by atoms with E-state index in [0.29, 0.717) is 11.5 Å². The quantitative estimate of drug-likeness (QED) is 0.825. The summed E-state index contributed by atoms with van der Waals surface area (Å²) in [5.74, 6) is 2.15. The molecule has 0 spiro atoms. The summed E-state index contributed by atoms with van der Waals surface area (Å²) in [6.07, 6.45) is 0. The van der Waals surface area contributed by atoms with Gasteiger partial charge in [0.1, 0.15) is 6.54 Å². The van der Waals surface area contributed by atoms with Crippen molar-refractivity contribution < 1.29 is 23.9 Å². The van der Waals surface area contributed by atoms with E-state index in [1.807, 2.05) is 34.5 Å². The molecule has 140 valence electrons. The van der Waals surface area contributed by atoms with E-state index in [2.05, 4.69) is 0 Å². The second-order valence-corrected chi connectivity index (χ2v) is 7.14. The molecule has 0 aliphatic carbocycles. The summed E-state index contributed by atoms with van der Waals surface area (Å²) in [4.78, 5) is 16.6. The lowest BCUT2D eigenvalue weighted by molar-refractivity contribution is -0.917. The van der Waals surface area contributed by atoms with E-state index >= 15 is 0 Å². The molecule has 1 aromatic carbocycles. The van der Waals surface area contributed by atoms with Crippen LogP contribution in [0, 0.1) is 0 Å². The zero-order chi connectivity index (χ0) is 18.5. The third-order valence-electron chi connectivity index (χ3n) is 4.72. The van der Waals surface area contributed by atoms with Crippen molar-refractivity contribution in [2.75, 3.05) is 47.5 Å². The van der Waals surface area contributed by atoms with Crippen LogP contribution in [0.2, 0.25) is 0 Å². The number of rotatable bonds is 6. The Labute approximate surface area is 157 Å². The van der Waals surface area contributed by atoms with E-state index in [-0.39, 0.29) is 5.91 Å². The van der Waals surface area contributed by atoms with Crippen molar-refractivity contribution in [3.63, 3.8) is 0 Å². The lowest BCUT2D eigenvalue weighted by Crippen LogP contribution is -3.13. The Balaban J connectivity index is 1.65. The number of hydrogen-bond acceptors (Lipinski definition) is 5. The number of ether oxygens (including phenoxy) is 3. The van der Waals surface area contributed by atoms with Crippen molar-refractivity contribution in [2.24, 2.45) is 0 Å². The molecule has 0 atom stereocenters. The van der Waals surface area contributed by atoms with Crippen LogP contribution in [0.4, 0.5) is 0 Å². The summed E-state index contributed by atoms with van der Waals surface area (Å²) >= 11 is 1.50. The van der Waals surface area contributed by atoms with Gasteiger partial charge in [-0.1, -0.05) is 6.07 Å². The standard InChI is InChI=1S/C19H24N2O4S/c1-23-15-7-6-14(17(24-2)18(15)25-3)13-20-8-10-21(11-9-20)19(22)16-5-4-12-26-16/h4-7,12H,8-11,13H2,1-3H3/p+1. The normalized spacial score (nSPS) is 15.0. The van der Waals surface area contributed by atoms with Crippen LogP contribution < -0.4 is 19.1 Å². The van der Waals surface area contributed by atoms with Gasteiger partial charge in [0, 0.05) is 0 Å².